The quantitative estimate of drug-likeness (QED) is 0.0910. The van der Waals surface area contributed by atoms with Crippen LogP contribution < -0.4 is 0 Å². The summed E-state index contributed by atoms with van der Waals surface area (Å²) in [5.74, 6) is 0.547. The summed E-state index contributed by atoms with van der Waals surface area (Å²) >= 11 is 0. The Kier molecular flexibility index (Phi) is 12.8. The van der Waals surface area contributed by atoms with E-state index >= 15 is 0 Å². The molecule has 0 bridgehead atoms. The molecule has 1 radical (unpaired) electrons. The molecule has 0 aliphatic carbocycles. The molecule has 0 spiro atoms. The maximum absolute atomic E-state index is 11.7. The van der Waals surface area contributed by atoms with Gasteiger partial charge in [-0.3, -0.25) is 9.78 Å². The number of rotatable bonds is 9. The minimum atomic E-state index is 0. The molecule has 0 aliphatic heterocycles. The molecule has 0 atom stereocenters. The summed E-state index contributed by atoms with van der Waals surface area (Å²) in [5, 5.41) is 13.0. The van der Waals surface area contributed by atoms with Gasteiger partial charge < -0.3 is 9.52 Å². The minimum absolute atomic E-state index is 0. The third-order valence-corrected chi connectivity index (χ3v) is 8.21. The standard InChI is InChI=1S/C25H20N3O.C13H24O2.Ir/c1-25(2,3)21-12-18(10-16-6-4-5-7-20(16)21)22-13-23(28-15-27-22)19-11-17-8-9-29-24(17)26-14-19;1-5-10(6-2)12(14)9-13(15)11(7-3)8-4;/h4-9,11-15H,1-3H3;9-11,14H,5-8H2,1-4H3;/q-1;;/b;12-9-;. The average molecular weight is 783 g/mol. The van der Waals surface area contributed by atoms with E-state index in [1.54, 1.807) is 18.8 Å². The van der Waals surface area contributed by atoms with Gasteiger partial charge in [-0.05, 0) is 49.3 Å². The molecular formula is C38H44IrN3O3-. The first kappa shape index (κ1) is 35.8. The van der Waals surface area contributed by atoms with E-state index < -0.39 is 0 Å². The largest absolute Gasteiger partial charge is 0.512 e. The van der Waals surface area contributed by atoms with Crippen LogP contribution in [0.2, 0.25) is 0 Å². The molecule has 0 saturated heterocycles. The van der Waals surface area contributed by atoms with Crippen LogP contribution in [0.4, 0.5) is 0 Å². The van der Waals surface area contributed by atoms with Gasteiger partial charge in [-0.1, -0.05) is 77.6 Å². The number of hydrogen-bond acceptors (Lipinski definition) is 6. The molecule has 45 heavy (non-hydrogen) atoms. The Morgan fingerprint density at radius 2 is 1.58 bits per heavy atom. The number of aliphatic hydroxyl groups excluding tert-OH is 1. The van der Waals surface area contributed by atoms with Crippen molar-refractivity contribution in [2.45, 2.75) is 79.6 Å². The van der Waals surface area contributed by atoms with Crippen molar-refractivity contribution in [2.75, 3.05) is 0 Å². The van der Waals surface area contributed by atoms with Crippen molar-refractivity contribution >= 4 is 27.7 Å². The van der Waals surface area contributed by atoms with E-state index in [-0.39, 0.29) is 48.9 Å². The van der Waals surface area contributed by atoms with E-state index in [1.165, 1.54) is 17.0 Å². The summed E-state index contributed by atoms with van der Waals surface area (Å²) < 4.78 is 5.34. The average Bonchev–Trinajstić information content (AvgIpc) is 3.50. The number of aromatic nitrogens is 3. The summed E-state index contributed by atoms with van der Waals surface area (Å²) in [4.78, 5) is 25.1. The summed E-state index contributed by atoms with van der Waals surface area (Å²) in [6, 6.07) is 20.1. The Labute approximate surface area is 280 Å². The number of pyridine rings is 1. The van der Waals surface area contributed by atoms with Gasteiger partial charge in [-0.15, -0.1) is 29.1 Å². The topological polar surface area (TPSA) is 89.1 Å². The van der Waals surface area contributed by atoms with Crippen LogP contribution >= 0.6 is 0 Å². The summed E-state index contributed by atoms with van der Waals surface area (Å²) in [6.07, 6.45) is 9.93. The number of benzene rings is 2. The Bertz CT molecular complexity index is 1740. The van der Waals surface area contributed by atoms with Crippen LogP contribution in [-0.2, 0) is 30.3 Å². The molecule has 3 heterocycles. The second-order valence-electron chi connectivity index (χ2n) is 12.2. The first-order valence-corrected chi connectivity index (χ1v) is 15.6. The minimum Gasteiger partial charge on any atom is -0.512 e. The van der Waals surface area contributed by atoms with E-state index in [1.807, 2.05) is 52.0 Å². The van der Waals surface area contributed by atoms with Crippen LogP contribution in [0.5, 0.6) is 0 Å². The van der Waals surface area contributed by atoms with Gasteiger partial charge >= 0.3 is 0 Å². The zero-order valence-corrected chi connectivity index (χ0v) is 29.7. The Hall–Kier alpha value is -3.67. The summed E-state index contributed by atoms with van der Waals surface area (Å²) in [7, 11) is 0. The molecule has 5 rings (SSSR count). The SMILES string of the molecule is CC(C)(C)c1cc(-c2cc(-c3cnc4occc4c3)ncn2)[c-]c2ccccc12.CCC(CC)C(=O)/C=C(\O)C(CC)CC.[Ir]. The second-order valence-corrected chi connectivity index (χ2v) is 12.2. The predicted octanol–water partition coefficient (Wildman–Crippen LogP) is 10.1. The van der Waals surface area contributed by atoms with Crippen molar-refractivity contribution in [3.8, 4) is 22.5 Å². The molecule has 0 aliphatic rings. The molecule has 239 valence electrons. The first-order chi connectivity index (χ1) is 21.1. The number of ketones is 1. The van der Waals surface area contributed by atoms with Gasteiger partial charge in [0.05, 0.1) is 17.7 Å². The van der Waals surface area contributed by atoms with Gasteiger partial charge in [0.1, 0.15) is 6.33 Å². The Balaban J connectivity index is 0.000000297. The van der Waals surface area contributed by atoms with Crippen LogP contribution in [0.1, 0.15) is 79.7 Å². The van der Waals surface area contributed by atoms with E-state index in [0.717, 1.165) is 59.0 Å². The molecule has 2 aromatic carbocycles. The second kappa shape index (κ2) is 16.1. The molecule has 3 aromatic heterocycles. The fraction of sp³-hybridized carbons (Fsp3) is 0.368. The van der Waals surface area contributed by atoms with Gasteiger partial charge in [-0.25, -0.2) is 9.97 Å². The monoisotopic (exact) mass is 783 g/mol. The molecule has 0 amide bonds. The molecule has 0 fully saturated rings. The van der Waals surface area contributed by atoms with E-state index in [4.69, 9.17) is 4.42 Å². The van der Waals surface area contributed by atoms with Crippen molar-refractivity contribution in [2.24, 2.45) is 11.8 Å². The Morgan fingerprint density at radius 3 is 2.24 bits per heavy atom. The van der Waals surface area contributed by atoms with Crippen molar-refractivity contribution in [1.29, 1.82) is 0 Å². The maximum atomic E-state index is 11.7. The van der Waals surface area contributed by atoms with Gasteiger partial charge in [0.25, 0.3) is 0 Å². The van der Waals surface area contributed by atoms with Gasteiger partial charge in [0, 0.05) is 60.9 Å². The molecule has 7 heteroatoms. The smallest absolute Gasteiger partial charge is 0.225 e. The molecule has 1 N–H and O–H groups in total. The zero-order valence-electron chi connectivity index (χ0n) is 27.4. The van der Waals surface area contributed by atoms with Crippen LogP contribution in [0, 0.1) is 17.9 Å². The number of furan rings is 1. The van der Waals surface area contributed by atoms with E-state index in [0.29, 0.717) is 5.71 Å². The third kappa shape index (κ3) is 8.74. The molecule has 0 unspecified atom stereocenters. The number of nitrogens with zero attached hydrogens (tertiary/aromatic N) is 3. The number of aliphatic hydroxyl groups is 1. The molecule has 5 aromatic rings. The predicted molar refractivity (Wildman–Crippen MR) is 179 cm³/mol. The van der Waals surface area contributed by atoms with E-state index in [2.05, 4.69) is 66.1 Å². The van der Waals surface area contributed by atoms with Gasteiger partial charge in [0.2, 0.25) is 5.71 Å². The van der Waals surface area contributed by atoms with Crippen molar-refractivity contribution in [3.63, 3.8) is 0 Å². The van der Waals surface area contributed by atoms with Crippen molar-refractivity contribution < 1.29 is 34.4 Å². The van der Waals surface area contributed by atoms with Crippen LogP contribution in [0.15, 0.2) is 83.6 Å². The van der Waals surface area contributed by atoms with Crippen LogP contribution in [-0.4, -0.2) is 25.8 Å². The number of allylic oxidation sites excluding steroid dienone is 2. The van der Waals surface area contributed by atoms with Crippen molar-refractivity contribution in [3.05, 3.63) is 90.8 Å². The van der Waals surface area contributed by atoms with Crippen LogP contribution in [0.25, 0.3) is 44.4 Å². The van der Waals surface area contributed by atoms with Crippen LogP contribution in [0.3, 0.4) is 0 Å². The Morgan fingerprint density at radius 1 is 0.911 bits per heavy atom. The van der Waals surface area contributed by atoms with Crippen molar-refractivity contribution in [1.82, 2.24) is 15.0 Å². The zero-order chi connectivity index (χ0) is 31.9. The fourth-order valence-corrected chi connectivity index (χ4v) is 5.43. The van der Waals surface area contributed by atoms with Gasteiger partial charge in [-0.2, -0.15) is 0 Å². The molecule has 0 saturated carbocycles. The third-order valence-electron chi connectivity index (χ3n) is 8.21. The summed E-state index contributed by atoms with van der Waals surface area (Å²) in [5.41, 5.74) is 5.48. The van der Waals surface area contributed by atoms with E-state index in [9.17, 15) is 9.90 Å². The molecular weight excluding hydrogens is 739 g/mol. The number of carbonyl (C=O) groups excluding carboxylic acids is 1. The number of hydrogen-bond donors (Lipinski definition) is 1. The normalized spacial score (nSPS) is 11.9. The van der Waals surface area contributed by atoms with Gasteiger partial charge in [0.15, 0.2) is 5.78 Å². The number of carbonyl (C=O) groups is 1. The fourth-order valence-electron chi connectivity index (χ4n) is 5.43. The summed E-state index contributed by atoms with van der Waals surface area (Å²) in [6.45, 7) is 14.8. The molecule has 6 nitrogen and oxygen atoms in total. The number of fused-ring (bicyclic) bond motifs is 2. The maximum Gasteiger partial charge on any atom is 0.225 e. The first-order valence-electron chi connectivity index (χ1n) is 15.6.